The van der Waals surface area contributed by atoms with Crippen molar-refractivity contribution in [3.05, 3.63) is 29.8 Å². The summed E-state index contributed by atoms with van der Waals surface area (Å²) in [5.41, 5.74) is 1.03. The van der Waals surface area contributed by atoms with Crippen LogP contribution in [0.1, 0.15) is 11.6 Å². The van der Waals surface area contributed by atoms with Gasteiger partial charge in [-0.25, -0.2) is 0 Å². The highest BCUT2D eigenvalue weighted by Gasteiger charge is 2.07. The molecule has 13 heavy (non-hydrogen) atoms. The maximum Gasteiger partial charge on any atom is 0.119 e. The molecule has 0 heterocycles. The van der Waals surface area contributed by atoms with Gasteiger partial charge in [-0.05, 0) is 24.7 Å². The summed E-state index contributed by atoms with van der Waals surface area (Å²) in [5, 5.41) is 12.1. The summed E-state index contributed by atoms with van der Waals surface area (Å²) in [5.74, 6) is 0.811. The Balaban J connectivity index is 2.86. The van der Waals surface area contributed by atoms with Crippen molar-refractivity contribution in [2.24, 2.45) is 0 Å². The third-order valence-corrected chi connectivity index (χ3v) is 2.03. The number of methoxy groups -OCH3 is 1. The van der Waals surface area contributed by atoms with E-state index in [0.717, 1.165) is 11.3 Å². The topological polar surface area (TPSA) is 41.5 Å². The van der Waals surface area contributed by atoms with Crippen LogP contribution in [0.25, 0.3) is 0 Å². The minimum atomic E-state index is -0.0184. The SMILES string of the molecule is CNC(CO)c1cccc(OC)c1. The minimum absolute atomic E-state index is 0.0184. The fourth-order valence-electron chi connectivity index (χ4n) is 1.22. The van der Waals surface area contributed by atoms with Crippen LogP contribution in [0.15, 0.2) is 24.3 Å². The molecule has 3 nitrogen and oxygen atoms in total. The third kappa shape index (κ3) is 2.44. The Morgan fingerprint density at radius 3 is 2.85 bits per heavy atom. The summed E-state index contributed by atoms with van der Waals surface area (Å²) >= 11 is 0. The van der Waals surface area contributed by atoms with Crippen LogP contribution >= 0.6 is 0 Å². The standard InChI is InChI=1S/C10H15NO2/c1-11-10(7-12)8-4-3-5-9(6-8)13-2/h3-6,10-12H,7H2,1-2H3. The van der Waals surface area contributed by atoms with Gasteiger partial charge in [-0.3, -0.25) is 0 Å². The highest BCUT2D eigenvalue weighted by molar-refractivity contribution is 5.30. The van der Waals surface area contributed by atoms with Gasteiger partial charge in [-0.1, -0.05) is 12.1 Å². The van der Waals surface area contributed by atoms with E-state index in [1.165, 1.54) is 0 Å². The Morgan fingerprint density at radius 2 is 2.31 bits per heavy atom. The minimum Gasteiger partial charge on any atom is -0.497 e. The van der Waals surface area contributed by atoms with Gasteiger partial charge in [0.2, 0.25) is 0 Å². The smallest absolute Gasteiger partial charge is 0.119 e. The van der Waals surface area contributed by atoms with Crippen molar-refractivity contribution < 1.29 is 9.84 Å². The first-order valence-corrected chi connectivity index (χ1v) is 4.24. The van der Waals surface area contributed by atoms with Gasteiger partial charge in [0.25, 0.3) is 0 Å². The predicted octanol–water partition coefficient (Wildman–Crippen LogP) is 0.948. The van der Waals surface area contributed by atoms with E-state index in [0.29, 0.717) is 0 Å². The molecule has 1 unspecified atom stereocenters. The Bertz CT molecular complexity index is 259. The molecule has 0 aliphatic heterocycles. The van der Waals surface area contributed by atoms with Crippen LogP contribution < -0.4 is 10.1 Å². The van der Waals surface area contributed by atoms with Crippen molar-refractivity contribution in [3.63, 3.8) is 0 Å². The second kappa shape index (κ2) is 4.84. The molecule has 1 atom stereocenters. The molecule has 72 valence electrons. The first-order chi connectivity index (χ1) is 6.31. The molecule has 2 N–H and O–H groups in total. The van der Waals surface area contributed by atoms with Crippen molar-refractivity contribution in [2.45, 2.75) is 6.04 Å². The predicted molar refractivity (Wildman–Crippen MR) is 51.9 cm³/mol. The number of ether oxygens (including phenoxy) is 1. The molecule has 0 spiro atoms. The monoisotopic (exact) mass is 181 g/mol. The first kappa shape index (κ1) is 10.0. The number of benzene rings is 1. The molecular weight excluding hydrogens is 166 g/mol. The summed E-state index contributed by atoms with van der Waals surface area (Å²) < 4.78 is 5.08. The number of hydrogen-bond acceptors (Lipinski definition) is 3. The lowest BCUT2D eigenvalue weighted by Gasteiger charge is -2.13. The normalized spacial score (nSPS) is 12.5. The highest BCUT2D eigenvalue weighted by atomic mass is 16.5. The van der Waals surface area contributed by atoms with E-state index in [1.807, 2.05) is 31.3 Å². The summed E-state index contributed by atoms with van der Waals surface area (Å²) in [4.78, 5) is 0. The fraction of sp³-hybridized carbons (Fsp3) is 0.400. The molecule has 3 heteroatoms. The zero-order valence-electron chi connectivity index (χ0n) is 7.95. The first-order valence-electron chi connectivity index (χ1n) is 4.24. The van der Waals surface area contributed by atoms with Gasteiger partial charge in [-0.2, -0.15) is 0 Å². The van der Waals surface area contributed by atoms with Crippen molar-refractivity contribution in [1.29, 1.82) is 0 Å². The van der Waals surface area contributed by atoms with E-state index < -0.39 is 0 Å². The van der Waals surface area contributed by atoms with E-state index in [-0.39, 0.29) is 12.6 Å². The number of nitrogens with one attached hydrogen (secondary N) is 1. The van der Waals surface area contributed by atoms with E-state index in [2.05, 4.69) is 5.32 Å². The summed E-state index contributed by atoms with van der Waals surface area (Å²) in [6.07, 6.45) is 0. The van der Waals surface area contributed by atoms with Gasteiger partial charge >= 0.3 is 0 Å². The maximum absolute atomic E-state index is 9.04. The van der Waals surface area contributed by atoms with Crippen LogP contribution in [0.4, 0.5) is 0 Å². The van der Waals surface area contributed by atoms with Gasteiger partial charge in [0, 0.05) is 0 Å². The largest absolute Gasteiger partial charge is 0.497 e. The molecular formula is C10H15NO2. The summed E-state index contributed by atoms with van der Waals surface area (Å²) in [6.45, 7) is 0.0870. The van der Waals surface area contributed by atoms with Crippen LogP contribution in [-0.4, -0.2) is 25.9 Å². The molecule has 1 aromatic carbocycles. The number of hydrogen-bond donors (Lipinski definition) is 2. The summed E-state index contributed by atoms with van der Waals surface area (Å²) in [6, 6.07) is 7.65. The van der Waals surface area contributed by atoms with Crippen LogP contribution in [0.3, 0.4) is 0 Å². The van der Waals surface area contributed by atoms with E-state index in [9.17, 15) is 0 Å². The van der Waals surface area contributed by atoms with Crippen LogP contribution in [0.5, 0.6) is 5.75 Å². The lowest BCUT2D eigenvalue weighted by molar-refractivity contribution is 0.250. The number of rotatable bonds is 4. The molecule has 0 aromatic heterocycles. The lowest BCUT2D eigenvalue weighted by Crippen LogP contribution is -2.19. The quantitative estimate of drug-likeness (QED) is 0.726. The number of aliphatic hydroxyl groups is 1. The van der Waals surface area contributed by atoms with Crippen molar-refractivity contribution in [1.82, 2.24) is 5.32 Å². The lowest BCUT2D eigenvalue weighted by atomic mass is 10.1. The Hall–Kier alpha value is -1.06. The molecule has 0 amide bonds. The third-order valence-electron chi connectivity index (χ3n) is 2.03. The molecule has 0 saturated heterocycles. The highest BCUT2D eigenvalue weighted by Crippen LogP contribution is 2.18. The van der Waals surface area contributed by atoms with Gasteiger partial charge in [0.05, 0.1) is 19.8 Å². The number of likely N-dealkylation sites (N-methyl/N-ethyl adjacent to an activating group) is 1. The van der Waals surface area contributed by atoms with Crippen LogP contribution in [0.2, 0.25) is 0 Å². The van der Waals surface area contributed by atoms with Crippen molar-refractivity contribution >= 4 is 0 Å². The van der Waals surface area contributed by atoms with Gasteiger partial charge in [-0.15, -0.1) is 0 Å². The Kier molecular flexibility index (Phi) is 3.73. The molecule has 0 fully saturated rings. The molecule has 0 radical (unpaired) electrons. The second-order valence-corrected chi connectivity index (χ2v) is 2.80. The Labute approximate surface area is 78.3 Å². The average molecular weight is 181 g/mol. The second-order valence-electron chi connectivity index (χ2n) is 2.80. The van der Waals surface area contributed by atoms with E-state index in [1.54, 1.807) is 7.11 Å². The molecule has 1 aromatic rings. The molecule has 0 saturated carbocycles. The fourth-order valence-corrected chi connectivity index (χ4v) is 1.22. The van der Waals surface area contributed by atoms with Crippen molar-refractivity contribution in [2.75, 3.05) is 20.8 Å². The Morgan fingerprint density at radius 1 is 1.54 bits per heavy atom. The summed E-state index contributed by atoms with van der Waals surface area (Å²) in [7, 11) is 3.45. The zero-order chi connectivity index (χ0) is 9.68. The molecule has 1 rings (SSSR count). The van der Waals surface area contributed by atoms with Crippen molar-refractivity contribution in [3.8, 4) is 5.75 Å². The van der Waals surface area contributed by atoms with Gasteiger partial charge < -0.3 is 15.2 Å². The van der Waals surface area contributed by atoms with E-state index in [4.69, 9.17) is 9.84 Å². The average Bonchev–Trinajstić information content (AvgIpc) is 2.20. The van der Waals surface area contributed by atoms with E-state index >= 15 is 0 Å². The van der Waals surface area contributed by atoms with Gasteiger partial charge in [0.1, 0.15) is 5.75 Å². The zero-order valence-corrected chi connectivity index (χ0v) is 7.95. The molecule has 0 aliphatic carbocycles. The van der Waals surface area contributed by atoms with Crippen LogP contribution in [0, 0.1) is 0 Å². The maximum atomic E-state index is 9.04. The molecule has 0 aliphatic rings. The van der Waals surface area contributed by atoms with Crippen LogP contribution in [-0.2, 0) is 0 Å². The van der Waals surface area contributed by atoms with Gasteiger partial charge in [0.15, 0.2) is 0 Å². The molecule has 0 bridgehead atoms. The number of aliphatic hydroxyl groups excluding tert-OH is 1.